The van der Waals surface area contributed by atoms with Crippen molar-refractivity contribution in [2.24, 2.45) is 0 Å². The number of fused-ring (bicyclic) bond motifs is 1. The van der Waals surface area contributed by atoms with Crippen molar-refractivity contribution in [2.75, 3.05) is 5.32 Å². The van der Waals surface area contributed by atoms with E-state index < -0.39 is 0 Å². The molecule has 4 nitrogen and oxygen atoms in total. The maximum atomic E-state index is 4.63. The largest absolute Gasteiger partial charge is 0.364 e. The quantitative estimate of drug-likeness (QED) is 0.779. The van der Waals surface area contributed by atoms with Crippen LogP contribution >= 0.6 is 0 Å². The van der Waals surface area contributed by atoms with Gasteiger partial charge in [-0.25, -0.2) is 9.97 Å². The van der Waals surface area contributed by atoms with Crippen molar-refractivity contribution in [1.82, 2.24) is 14.4 Å². The molecule has 0 aliphatic heterocycles. The lowest BCUT2D eigenvalue weighted by Gasteiger charge is -2.05. The molecule has 0 saturated heterocycles. The summed E-state index contributed by atoms with van der Waals surface area (Å²) in [5, 5.41) is 3.32. The zero-order valence-electron chi connectivity index (χ0n) is 11.1. The van der Waals surface area contributed by atoms with E-state index in [1.54, 1.807) is 6.20 Å². The Labute approximate surface area is 112 Å². The van der Waals surface area contributed by atoms with Gasteiger partial charge in [0.25, 0.3) is 0 Å². The fourth-order valence-electron chi connectivity index (χ4n) is 2.13. The molecule has 0 amide bonds. The van der Waals surface area contributed by atoms with Crippen molar-refractivity contribution in [3.8, 4) is 0 Å². The van der Waals surface area contributed by atoms with Gasteiger partial charge in [0.05, 0.1) is 12.2 Å². The van der Waals surface area contributed by atoms with E-state index in [2.05, 4.69) is 32.7 Å². The van der Waals surface area contributed by atoms with E-state index >= 15 is 0 Å². The standard InChI is InChI=1S/C15H16N4/c1-11-5-3-7-16-14(11)17-9-13-10-19-8-4-6-12(2)15(19)18-13/h3-8,10H,9H2,1-2H3,(H,16,17). The molecule has 4 heteroatoms. The minimum absolute atomic E-state index is 0.680. The highest BCUT2D eigenvalue weighted by Crippen LogP contribution is 2.13. The van der Waals surface area contributed by atoms with Gasteiger partial charge in [-0.3, -0.25) is 0 Å². The van der Waals surface area contributed by atoms with Crippen molar-refractivity contribution in [3.63, 3.8) is 0 Å². The molecule has 0 fully saturated rings. The lowest BCUT2D eigenvalue weighted by Crippen LogP contribution is -2.02. The molecule has 3 aromatic heterocycles. The molecule has 0 spiro atoms. The molecule has 3 rings (SSSR count). The first-order valence-electron chi connectivity index (χ1n) is 6.33. The van der Waals surface area contributed by atoms with Gasteiger partial charge in [0, 0.05) is 18.6 Å². The molecule has 0 atom stereocenters. The second kappa shape index (κ2) is 4.72. The van der Waals surface area contributed by atoms with E-state index in [0.29, 0.717) is 6.54 Å². The Morgan fingerprint density at radius 1 is 1.16 bits per heavy atom. The van der Waals surface area contributed by atoms with E-state index in [4.69, 9.17) is 0 Å². The fraction of sp³-hybridized carbons (Fsp3) is 0.200. The molecular formula is C15H16N4. The smallest absolute Gasteiger partial charge is 0.140 e. The molecule has 0 aliphatic rings. The highest BCUT2D eigenvalue weighted by Gasteiger charge is 2.04. The monoisotopic (exact) mass is 252 g/mol. The first-order valence-corrected chi connectivity index (χ1v) is 6.33. The molecule has 0 aromatic carbocycles. The average Bonchev–Trinajstić information content (AvgIpc) is 2.82. The normalized spacial score (nSPS) is 10.8. The summed E-state index contributed by atoms with van der Waals surface area (Å²) in [4.78, 5) is 8.95. The first-order chi connectivity index (χ1) is 9.24. The topological polar surface area (TPSA) is 42.2 Å². The zero-order valence-corrected chi connectivity index (χ0v) is 11.1. The second-order valence-electron chi connectivity index (χ2n) is 4.68. The number of hydrogen-bond acceptors (Lipinski definition) is 3. The zero-order chi connectivity index (χ0) is 13.2. The van der Waals surface area contributed by atoms with Crippen LogP contribution in [0.15, 0.2) is 42.9 Å². The summed E-state index contributed by atoms with van der Waals surface area (Å²) in [5.74, 6) is 0.913. The lowest BCUT2D eigenvalue weighted by atomic mass is 10.3. The Morgan fingerprint density at radius 3 is 2.79 bits per heavy atom. The van der Waals surface area contributed by atoms with Gasteiger partial charge in [-0.05, 0) is 37.1 Å². The van der Waals surface area contributed by atoms with Crippen molar-refractivity contribution in [2.45, 2.75) is 20.4 Å². The maximum absolute atomic E-state index is 4.63. The molecule has 1 N–H and O–H groups in total. The molecular weight excluding hydrogens is 236 g/mol. The molecule has 0 radical (unpaired) electrons. The Kier molecular flexibility index (Phi) is 2.91. The maximum Gasteiger partial charge on any atom is 0.140 e. The molecule has 0 aliphatic carbocycles. The van der Waals surface area contributed by atoms with Crippen LogP contribution in [0.5, 0.6) is 0 Å². The van der Waals surface area contributed by atoms with Gasteiger partial charge >= 0.3 is 0 Å². The number of nitrogens with zero attached hydrogens (tertiary/aromatic N) is 3. The Balaban J connectivity index is 1.83. The summed E-state index contributed by atoms with van der Waals surface area (Å²) in [5.41, 5.74) is 4.35. The van der Waals surface area contributed by atoms with Crippen molar-refractivity contribution >= 4 is 11.5 Å². The molecule has 0 saturated carbocycles. The predicted molar refractivity (Wildman–Crippen MR) is 76.2 cm³/mol. The number of hydrogen-bond donors (Lipinski definition) is 1. The van der Waals surface area contributed by atoms with E-state index in [9.17, 15) is 0 Å². The van der Waals surface area contributed by atoms with Crippen LogP contribution in [0.1, 0.15) is 16.8 Å². The minimum Gasteiger partial charge on any atom is -0.364 e. The third-order valence-corrected chi connectivity index (χ3v) is 3.17. The van der Waals surface area contributed by atoms with Gasteiger partial charge in [-0.15, -0.1) is 0 Å². The highest BCUT2D eigenvalue weighted by molar-refractivity contribution is 5.49. The Bertz CT molecular complexity index is 715. The number of nitrogens with one attached hydrogen (secondary N) is 1. The summed E-state index contributed by atoms with van der Waals surface area (Å²) in [6.07, 6.45) is 5.86. The van der Waals surface area contributed by atoms with Crippen LogP contribution in [0.25, 0.3) is 5.65 Å². The van der Waals surface area contributed by atoms with Crippen LogP contribution in [0, 0.1) is 13.8 Å². The first kappa shape index (κ1) is 11.7. The fourth-order valence-corrected chi connectivity index (χ4v) is 2.13. The molecule has 19 heavy (non-hydrogen) atoms. The predicted octanol–water partition coefficient (Wildman–Crippen LogP) is 2.96. The molecule has 96 valence electrons. The lowest BCUT2D eigenvalue weighted by molar-refractivity contribution is 1.05. The number of aromatic nitrogens is 3. The molecule has 3 heterocycles. The molecule has 0 unspecified atom stereocenters. The van der Waals surface area contributed by atoms with Crippen LogP contribution in [-0.2, 0) is 6.54 Å². The highest BCUT2D eigenvalue weighted by atomic mass is 15.0. The number of pyridine rings is 2. The van der Waals surface area contributed by atoms with Crippen LogP contribution in [0.4, 0.5) is 5.82 Å². The van der Waals surface area contributed by atoms with Crippen molar-refractivity contribution < 1.29 is 0 Å². The summed E-state index contributed by atoms with van der Waals surface area (Å²) in [7, 11) is 0. The van der Waals surface area contributed by atoms with E-state index in [1.165, 1.54) is 5.56 Å². The SMILES string of the molecule is Cc1cccnc1NCc1cn2cccc(C)c2n1. The van der Waals surface area contributed by atoms with Crippen LogP contribution in [0.2, 0.25) is 0 Å². The van der Waals surface area contributed by atoms with Gasteiger partial charge in [0.2, 0.25) is 0 Å². The van der Waals surface area contributed by atoms with E-state index in [1.807, 2.05) is 37.5 Å². The summed E-state index contributed by atoms with van der Waals surface area (Å²) in [6, 6.07) is 8.09. The second-order valence-corrected chi connectivity index (χ2v) is 4.68. The van der Waals surface area contributed by atoms with Crippen molar-refractivity contribution in [1.29, 1.82) is 0 Å². The van der Waals surface area contributed by atoms with E-state index in [-0.39, 0.29) is 0 Å². The van der Waals surface area contributed by atoms with Crippen molar-refractivity contribution in [3.05, 3.63) is 59.7 Å². The Hall–Kier alpha value is -2.36. The van der Waals surface area contributed by atoms with Gasteiger partial charge in [-0.2, -0.15) is 0 Å². The molecule has 3 aromatic rings. The van der Waals surface area contributed by atoms with Crippen LogP contribution < -0.4 is 5.32 Å². The Morgan fingerprint density at radius 2 is 2.00 bits per heavy atom. The van der Waals surface area contributed by atoms with Crippen LogP contribution in [-0.4, -0.2) is 14.4 Å². The van der Waals surface area contributed by atoms with Gasteiger partial charge in [0.15, 0.2) is 0 Å². The van der Waals surface area contributed by atoms with E-state index in [0.717, 1.165) is 22.7 Å². The molecule has 0 bridgehead atoms. The number of rotatable bonds is 3. The van der Waals surface area contributed by atoms with Gasteiger partial charge in [0.1, 0.15) is 11.5 Å². The van der Waals surface area contributed by atoms with Gasteiger partial charge in [-0.1, -0.05) is 12.1 Å². The van der Waals surface area contributed by atoms with Gasteiger partial charge < -0.3 is 9.72 Å². The van der Waals surface area contributed by atoms with Crippen LogP contribution in [0.3, 0.4) is 0 Å². The summed E-state index contributed by atoms with van der Waals surface area (Å²) < 4.78 is 2.05. The summed E-state index contributed by atoms with van der Waals surface area (Å²) in [6.45, 7) is 4.80. The summed E-state index contributed by atoms with van der Waals surface area (Å²) >= 11 is 0. The number of imidazole rings is 1. The number of anilines is 1. The minimum atomic E-state index is 0.680. The average molecular weight is 252 g/mol. The number of aryl methyl sites for hydroxylation is 2. The third kappa shape index (κ3) is 2.29. The third-order valence-electron chi connectivity index (χ3n) is 3.17.